The third-order valence-electron chi connectivity index (χ3n) is 4.28. The fourth-order valence-corrected chi connectivity index (χ4v) is 3.00. The molecule has 2 N–H and O–H groups in total. The van der Waals surface area contributed by atoms with Crippen molar-refractivity contribution in [3.63, 3.8) is 0 Å². The number of nitrogens with one attached hydrogen (secondary N) is 1. The standard InChI is InChI=1S/C18H21NO5/c1-10-9-13(23-14(10)17(21)22)16(20)19-12-6-4-5-11-7-8-18(2,3)24-15(11)12/h4-8,10,13-14H,9H2,1-3H3,(H,19,20)(H,21,22)/t10-,13-,14-/m1/s1. The minimum absolute atomic E-state index is 0.207. The number of carbonyl (C=O) groups is 2. The number of ether oxygens (including phenoxy) is 2. The first-order valence-electron chi connectivity index (χ1n) is 7.97. The molecular weight excluding hydrogens is 310 g/mol. The molecule has 128 valence electrons. The van der Waals surface area contributed by atoms with Crippen molar-refractivity contribution in [2.24, 2.45) is 5.92 Å². The molecule has 3 rings (SSSR count). The summed E-state index contributed by atoms with van der Waals surface area (Å²) in [5.41, 5.74) is 0.988. The summed E-state index contributed by atoms with van der Waals surface area (Å²) in [6.07, 6.45) is 2.58. The van der Waals surface area contributed by atoms with Gasteiger partial charge >= 0.3 is 5.97 Å². The van der Waals surface area contributed by atoms with Crippen LogP contribution in [0.3, 0.4) is 0 Å². The Bertz CT molecular complexity index is 709. The second-order valence-corrected chi connectivity index (χ2v) is 6.85. The first-order chi connectivity index (χ1) is 11.3. The van der Waals surface area contributed by atoms with Crippen LogP contribution >= 0.6 is 0 Å². The Morgan fingerprint density at radius 2 is 2.08 bits per heavy atom. The lowest BCUT2D eigenvalue weighted by Crippen LogP contribution is -2.32. The van der Waals surface area contributed by atoms with Gasteiger partial charge in [-0.2, -0.15) is 0 Å². The minimum atomic E-state index is -1.04. The molecular formula is C18H21NO5. The van der Waals surface area contributed by atoms with Crippen molar-refractivity contribution in [3.8, 4) is 5.75 Å². The van der Waals surface area contributed by atoms with Gasteiger partial charge in [-0.1, -0.05) is 25.1 Å². The fourth-order valence-electron chi connectivity index (χ4n) is 3.00. The van der Waals surface area contributed by atoms with E-state index in [-0.39, 0.29) is 11.8 Å². The molecule has 1 amide bonds. The highest BCUT2D eigenvalue weighted by Gasteiger charge is 2.40. The Labute approximate surface area is 140 Å². The predicted molar refractivity (Wildman–Crippen MR) is 88.9 cm³/mol. The van der Waals surface area contributed by atoms with E-state index in [0.717, 1.165) is 5.56 Å². The number of carboxylic acid groups (broad SMARTS) is 1. The molecule has 2 aliphatic rings. The van der Waals surface area contributed by atoms with Gasteiger partial charge in [0.2, 0.25) is 0 Å². The first-order valence-corrected chi connectivity index (χ1v) is 7.97. The van der Waals surface area contributed by atoms with E-state index in [1.807, 2.05) is 38.1 Å². The molecule has 1 aromatic carbocycles. The Morgan fingerprint density at radius 3 is 2.75 bits per heavy atom. The largest absolute Gasteiger partial charge is 0.481 e. The third-order valence-corrected chi connectivity index (χ3v) is 4.28. The average molecular weight is 331 g/mol. The Hall–Kier alpha value is -2.34. The predicted octanol–water partition coefficient (Wildman–Crippen LogP) is 2.69. The Morgan fingerprint density at radius 1 is 1.33 bits per heavy atom. The number of benzene rings is 1. The lowest BCUT2D eigenvalue weighted by molar-refractivity contribution is -0.152. The third kappa shape index (κ3) is 3.14. The maximum absolute atomic E-state index is 12.5. The van der Waals surface area contributed by atoms with Gasteiger partial charge in [0.05, 0.1) is 5.69 Å². The number of anilines is 1. The van der Waals surface area contributed by atoms with Crippen LogP contribution < -0.4 is 10.1 Å². The van der Waals surface area contributed by atoms with Gasteiger partial charge in [-0.05, 0) is 38.3 Å². The van der Waals surface area contributed by atoms with E-state index in [9.17, 15) is 9.59 Å². The highest BCUT2D eigenvalue weighted by atomic mass is 16.5. The van der Waals surface area contributed by atoms with Crippen molar-refractivity contribution in [1.82, 2.24) is 0 Å². The molecule has 1 aromatic rings. The fraction of sp³-hybridized carbons (Fsp3) is 0.444. The van der Waals surface area contributed by atoms with Crippen molar-refractivity contribution in [3.05, 3.63) is 29.8 Å². The molecule has 2 aliphatic heterocycles. The van der Waals surface area contributed by atoms with Crippen molar-refractivity contribution < 1.29 is 24.2 Å². The molecule has 0 aromatic heterocycles. The van der Waals surface area contributed by atoms with E-state index in [1.54, 1.807) is 13.0 Å². The van der Waals surface area contributed by atoms with Crippen molar-refractivity contribution in [1.29, 1.82) is 0 Å². The van der Waals surface area contributed by atoms with E-state index in [4.69, 9.17) is 14.6 Å². The topological polar surface area (TPSA) is 84.9 Å². The highest BCUT2D eigenvalue weighted by molar-refractivity contribution is 5.97. The van der Waals surface area contributed by atoms with E-state index < -0.39 is 23.8 Å². The molecule has 1 saturated heterocycles. The van der Waals surface area contributed by atoms with Crippen LogP contribution in [-0.2, 0) is 14.3 Å². The van der Waals surface area contributed by atoms with Crippen LogP contribution in [-0.4, -0.2) is 34.8 Å². The minimum Gasteiger partial charge on any atom is -0.481 e. The van der Waals surface area contributed by atoms with Gasteiger partial charge in [0.25, 0.3) is 5.91 Å². The number of carbonyl (C=O) groups excluding carboxylic acids is 1. The van der Waals surface area contributed by atoms with Gasteiger partial charge in [0, 0.05) is 5.56 Å². The molecule has 6 nitrogen and oxygen atoms in total. The van der Waals surface area contributed by atoms with Gasteiger partial charge in [-0.15, -0.1) is 0 Å². The molecule has 0 spiro atoms. The second-order valence-electron chi connectivity index (χ2n) is 6.85. The molecule has 0 aliphatic carbocycles. The van der Waals surface area contributed by atoms with Crippen LogP contribution in [0.25, 0.3) is 6.08 Å². The number of para-hydroxylation sites is 1. The number of amides is 1. The first kappa shape index (κ1) is 16.5. The normalized spacial score (nSPS) is 27.2. The number of fused-ring (bicyclic) bond motifs is 1. The smallest absolute Gasteiger partial charge is 0.333 e. The zero-order chi connectivity index (χ0) is 17.5. The van der Waals surface area contributed by atoms with Gasteiger partial charge in [0.15, 0.2) is 11.9 Å². The highest BCUT2D eigenvalue weighted by Crippen LogP contribution is 2.37. The van der Waals surface area contributed by atoms with E-state index in [1.165, 1.54) is 0 Å². The molecule has 1 fully saturated rings. The summed E-state index contributed by atoms with van der Waals surface area (Å²) in [5.74, 6) is -0.986. The number of hydrogen-bond donors (Lipinski definition) is 2. The quantitative estimate of drug-likeness (QED) is 0.889. The molecule has 0 radical (unpaired) electrons. The van der Waals surface area contributed by atoms with Crippen molar-refractivity contribution >= 4 is 23.6 Å². The zero-order valence-corrected chi connectivity index (χ0v) is 13.9. The lowest BCUT2D eigenvalue weighted by atomic mass is 10.0. The van der Waals surface area contributed by atoms with Crippen molar-refractivity contribution in [2.75, 3.05) is 5.32 Å². The Balaban J connectivity index is 1.77. The SMILES string of the molecule is C[C@@H]1C[C@H](C(=O)Nc2cccc3c2OC(C)(C)C=C3)O[C@H]1C(=O)O. The van der Waals surface area contributed by atoms with Crippen LogP contribution in [0.5, 0.6) is 5.75 Å². The van der Waals surface area contributed by atoms with Gasteiger partial charge in [-0.25, -0.2) is 4.79 Å². The second kappa shape index (κ2) is 5.94. The summed E-state index contributed by atoms with van der Waals surface area (Å²) in [6.45, 7) is 5.64. The molecule has 2 heterocycles. The molecule has 0 saturated carbocycles. The summed E-state index contributed by atoms with van der Waals surface area (Å²) in [6, 6.07) is 5.50. The van der Waals surface area contributed by atoms with Crippen LogP contribution in [0.15, 0.2) is 24.3 Å². The van der Waals surface area contributed by atoms with Crippen LogP contribution in [0, 0.1) is 5.92 Å². The summed E-state index contributed by atoms with van der Waals surface area (Å²) >= 11 is 0. The summed E-state index contributed by atoms with van der Waals surface area (Å²) in [4.78, 5) is 23.6. The van der Waals surface area contributed by atoms with Crippen LogP contribution in [0.2, 0.25) is 0 Å². The molecule has 0 unspecified atom stereocenters. The van der Waals surface area contributed by atoms with Gasteiger partial charge in [0.1, 0.15) is 11.7 Å². The van der Waals surface area contributed by atoms with Crippen LogP contribution in [0.1, 0.15) is 32.8 Å². The lowest BCUT2D eigenvalue weighted by Gasteiger charge is -2.29. The average Bonchev–Trinajstić information content (AvgIpc) is 2.89. The summed E-state index contributed by atoms with van der Waals surface area (Å²) < 4.78 is 11.3. The molecule has 0 bridgehead atoms. The van der Waals surface area contributed by atoms with Gasteiger partial charge in [-0.3, -0.25) is 4.79 Å². The van der Waals surface area contributed by atoms with E-state index in [0.29, 0.717) is 17.9 Å². The van der Waals surface area contributed by atoms with E-state index in [2.05, 4.69) is 5.32 Å². The molecule has 3 atom stereocenters. The zero-order valence-electron chi connectivity index (χ0n) is 13.9. The van der Waals surface area contributed by atoms with Gasteiger partial charge < -0.3 is 19.9 Å². The summed E-state index contributed by atoms with van der Waals surface area (Å²) in [5, 5.41) is 11.9. The monoisotopic (exact) mass is 331 g/mol. The number of rotatable bonds is 3. The molecule has 24 heavy (non-hydrogen) atoms. The molecule has 6 heteroatoms. The number of hydrogen-bond acceptors (Lipinski definition) is 4. The number of aliphatic carboxylic acids is 1. The Kier molecular flexibility index (Phi) is 4.09. The maximum atomic E-state index is 12.5. The van der Waals surface area contributed by atoms with Crippen LogP contribution in [0.4, 0.5) is 5.69 Å². The summed E-state index contributed by atoms with van der Waals surface area (Å²) in [7, 11) is 0. The maximum Gasteiger partial charge on any atom is 0.333 e. The van der Waals surface area contributed by atoms with E-state index >= 15 is 0 Å². The number of carboxylic acids is 1. The van der Waals surface area contributed by atoms with Crippen molar-refractivity contribution in [2.45, 2.75) is 45.0 Å².